The second-order valence-corrected chi connectivity index (χ2v) is 21.7. The zero-order valence-electron chi connectivity index (χ0n) is 39.2. The van der Waals surface area contributed by atoms with E-state index in [1.165, 1.54) is 0 Å². The van der Waals surface area contributed by atoms with E-state index in [0.29, 0.717) is 0 Å². The van der Waals surface area contributed by atoms with Gasteiger partial charge in [0.15, 0.2) is 62.1 Å². The minimum absolute atomic E-state index is 0.370. The number of aliphatic hydroxyl groups is 6. The van der Waals surface area contributed by atoms with Crippen molar-refractivity contribution in [1.29, 1.82) is 0 Å². The number of rotatable bonds is 26. The van der Waals surface area contributed by atoms with Crippen LogP contribution in [0.3, 0.4) is 0 Å². The summed E-state index contributed by atoms with van der Waals surface area (Å²) >= 11 is -0.370. The van der Waals surface area contributed by atoms with Crippen LogP contribution in [-0.2, 0) is 129 Å². The number of carboxylic acids is 2. The molecule has 5 saturated heterocycles. The average Bonchev–Trinajstić information content (AvgIpc) is 3.48. The zero-order valence-corrected chi connectivity index (χ0v) is 43.2. The van der Waals surface area contributed by atoms with Crippen LogP contribution in [-0.4, -0.2) is 290 Å². The number of carbonyl (C=O) groups is 2. The van der Waals surface area contributed by atoms with Crippen LogP contribution >= 0.6 is 12.3 Å². The Morgan fingerprint density at radius 2 is 0.899 bits per heavy atom. The summed E-state index contributed by atoms with van der Waals surface area (Å²) in [5.74, 6) is -4.22. The Morgan fingerprint density at radius 3 is 1.39 bits per heavy atom. The molecule has 10 unspecified atom stereocenters. The molecule has 0 amide bonds. The van der Waals surface area contributed by atoms with Crippen molar-refractivity contribution < 1.29 is 185 Å². The van der Waals surface area contributed by atoms with Crippen LogP contribution in [0.4, 0.5) is 0 Å². The smallest absolute Gasteiger partial charge is 0.397 e. The fraction of sp³-hybridized carbons (Fsp3) is 0.935. The lowest BCUT2D eigenvalue weighted by molar-refractivity contribution is -0.435. The number of ether oxygens (including phenoxy) is 10. The molecule has 0 spiro atoms. The van der Waals surface area contributed by atoms with Crippen LogP contribution < -0.4 is 17.2 Å². The molecule has 43 nitrogen and oxygen atoms in total. The van der Waals surface area contributed by atoms with E-state index in [0.717, 1.165) is 7.11 Å². The van der Waals surface area contributed by atoms with Gasteiger partial charge >= 0.3 is 53.5 Å². The van der Waals surface area contributed by atoms with Crippen LogP contribution in [0.5, 0.6) is 0 Å². The first-order valence-corrected chi connectivity index (χ1v) is 27.6. The molecule has 5 aliphatic heterocycles. The average molecular weight is 1270 g/mol. The SMILES string of the molecule is CO[C@H]1OC(COS(=O)(=O)O)[C@@H](O[C@@H]2OC(C(=O)O)[C@@H](O[C@@H]3OC(COS(=O)(=O)O)[C@@H](O[C@@H]4OC(C(=O)O)[C@@H](O[C@H]5OC(COS(=O)(=O)O)[C@@H](O)[C@H](O)C5N)[C@H](O)C4O)C(OSOOO)[C@@H]3N)[C@@H](O)C2OS(=O)(=O)O)C(O)[C@@H]1N. The molecular weight excluding hydrogens is 1210 g/mol. The fourth-order valence-electron chi connectivity index (χ4n) is 8.12. The van der Waals surface area contributed by atoms with Crippen molar-refractivity contribution in [2.75, 3.05) is 26.9 Å². The van der Waals surface area contributed by atoms with Gasteiger partial charge in [0, 0.05) is 7.11 Å². The first-order valence-electron chi connectivity index (χ1n) is 21.5. The highest BCUT2D eigenvalue weighted by Crippen LogP contribution is 2.38. The second-order valence-electron chi connectivity index (χ2n) is 16.9. The Bertz CT molecular complexity index is 2490. The normalized spacial score (nSPS) is 41.9. The molecule has 19 N–H and O–H groups in total. The molecule has 0 aromatic heterocycles. The van der Waals surface area contributed by atoms with Gasteiger partial charge in [-0.15, -0.1) is 4.33 Å². The van der Waals surface area contributed by atoms with Gasteiger partial charge in [-0.3, -0.25) is 22.4 Å². The summed E-state index contributed by atoms with van der Waals surface area (Å²) in [5.41, 5.74) is 18.2. The van der Waals surface area contributed by atoms with E-state index in [1.807, 2.05) is 0 Å². The van der Waals surface area contributed by atoms with Gasteiger partial charge in [0.2, 0.25) is 0 Å². The third-order valence-corrected chi connectivity index (χ3v) is 13.9. The van der Waals surface area contributed by atoms with Gasteiger partial charge in [0.05, 0.1) is 37.9 Å². The second kappa shape index (κ2) is 27.7. The van der Waals surface area contributed by atoms with Crippen molar-refractivity contribution in [2.45, 2.75) is 153 Å². The minimum Gasteiger partial charge on any atom is -0.479 e. The highest BCUT2D eigenvalue weighted by molar-refractivity contribution is 7.89. The molecule has 79 heavy (non-hydrogen) atoms. The van der Waals surface area contributed by atoms with Crippen LogP contribution in [0.1, 0.15) is 0 Å². The summed E-state index contributed by atoms with van der Waals surface area (Å²) < 4.78 is 212. The summed E-state index contributed by atoms with van der Waals surface area (Å²) in [7, 11) is -20.9. The van der Waals surface area contributed by atoms with E-state index in [4.69, 9.17) is 78.6 Å². The topological polar surface area (TPSA) is 669 Å². The monoisotopic (exact) mass is 1270 g/mol. The van der Waals surface area contributed by atoms with Gasteiger partial charge in [0.25, 0.3) is 0 Å². The molecule has 0 bridgehead atoms. The minimum atomic E-state index is -5.83. The largest absolute Gasteiger partial charge is 0.479 e. The molecule has 25 atom stereocenters. The first-order chi connectivity index (χ1) is 36.5. The number of carboxylic acid groups (broad SMARTS) is 2. The molecular formula is C31H53N3O40S5. The van der Waals surface area contributed by atoms with Crippen molar-refractivity contribution in [1.82, 2.24) is 0 Å². The molecule has 0 aromatic carbocycles. The first kappa shape index (κ1) is 67.6. The molecule has 5 aliphatic rings. The van der Waals surface area contributed by atoms with Gasteiger partial charge in [-0.2, -0.15) is 33.7 Å². The molecule has 0 aromatic rings. The van der Waals surface area contributed by atoms with E-state index in [1.54, 1.807) is 0 Å². The van der Waals surface area contributed by atoms with Crippen molar-refractivity contribution >= 4 is 65.9 Å². The number of hydrogen-bond acceptors (Lipinski definition) is 38. The summed E-state index contributed by atoms with van der Waals surface area (Å²) in [6.07, 6.45) is -51.4. The van der Waals surface area contributed by atoms with E-state index < -0.39 is 227 Å². The summed E-state index contributed by atoms with van der Waals surface area (Å²) in [6, 6.07) is -5.69. The van der Waals surface area contributed by atoms with Gasteiger partial charge in [-0.25, -0.2) is 31.6 Å². The molecule has 462 valence electrons. The molecule has 5 fully saturated rings. The maximum absolute atomic E-state index is 12.8. The molecule has 5 heterocycles. The van der Waals surface area contributed by atoms with Crippen molar-refractivity contribution in [3.63, 3.8) is 0 Å². The predicted octanol–water partition coefficient (Wildman–Crippen LogP) is -10.9. The van der Waals surface area contributed by atoms with E-state index in [2.05, 4.69) is 26.1 Å². The van der Waals surface area contributed by atoms with E-state index in [-0.39, 0.29) is 12.3 Å². The Kier molecular flexibility index (Phi) is 23.7. The maximum Gasteiger partial charge on any atom is 0.397 e. The molecule has 0 radical (unpaired) electrons. The van der Waals surface area contributed by atoms with E-state index >= 15 is 0 Å². The summed E-state index contributed by atoms with van der Waals surface area (Å²) in [5, 5.41) is 99.0. The number of aliphatic carboxylic acids is 2. The highest BCUT2D eigenvalue weighted by atomic mass is 32.3. The Labute approximate surface area is 447 Å². The van der Waals surface area contributed by atoms with E-state index in [9.17, 15) is 97.8 Å². The molecule has 0 aliphatic carbocycles. The van der Waals surface area contributed by atoms with Gasteiger partial charge < -0.3 is 105 Å². The van der Waals surface area contributed by atoms with Crippen molar-refractivity contribution in [2.24, 2.45) is 17.2 Å². The van der Waals surface area contributed by atoms with Crippen LogP contribution in [0.15, 0.2) is 0 Å². The fourth-order valence-corrected chi connectivity index (χ4v) is 9.91. The van der Waals surface area contributed by atoms with Crippen LogP contribution in [0.25, 0.3) is 0 Å². The van der Waals surface area contributed by atoms with Crippen LogP contribution in [0, 0.1) is 0 Å². The number of methoxy groups -OCH3 is 1. The third kappa shape index (κ3) is 17.9. The Hall–Kier alpha value is -2.15. The van der Waals surface area contributed by atoms with Crippen molar-refractivity contribution in [3.8, 4) is 0 Å². The maximum atomic E-state index is 12.8. The predicted molar refractivity (Wildman–Crippen MR) is 231 cm³/mol. The number of hydrogen-bond donors (Lipinski definition) is 16. The number of aliphatic hydroxyl groups excluding tert-OH is 6. The lowest BCUT2D eigenvalue weighted by Crippen LogP contribution is -2.70. The van der Waals surface area contributed by atoms with Crippen molar-refractivity contribution in [3.05, 3.63) is 0 Å². The zero-order chi connectivity index (χ0) is 59.4. The quantitative estimate of drug-likeness (QED) is 0.0126. The van der Waals surface area contributed by atoms with Gasteiger partial charge in [0.1, 0.15) is 85.5 Å². The highest BCUT2D eigenvalue weighted by Gasteiger charge is 2.59. The Morgan fingerprint density at radius 1 is 0.468 bits per heavy atom. The lowest BCUT2D eigenvalue weighted by atomic mass is 9.94. The summed E-state index contributed by atoms with van der Waals surface area (Å²) in [4.78, 5) is 25.5. The third-order valence-electron chi connectivity index (χ3n) is 11.7. The molecule has 0 saturated carbocycles. The molecule has 48 heteroatoms. The van der Waals surface area contributed by atoms with Crippen LogP contribution in [0.2, 0.25) is 0 Å². The molecule has 5 rings (SSSR count). The lowest BCUT2D eigenvalue weighted by Gasteiger charge is -2.50. The van der Waals surface area contributed by atoms with Gasteiger partial charge in [-0.1, -0.05) is 5.04 Å². The van der Waals surface area contributed by atoms with Gasteiger partial charge in [-0.05, 0) is 0 Å². The Balaban J connectivity index is 1.46. The summed E-state index contributed by atoms with van der Waals surface area (Å²) in [6.45, 7) is -3.99. The standard InChI is InChI=1S/C31H53N3O40S5/c1-58-27-9(33)13(37)17(6(63-27)3-60-77(49,50)51)65-31-22(72-79(55,56)57)16(40)21(24(70-31)26(43)44)68-29-10(34)19(71-75-74-73-45)18(7(64-29)4-61-78(52,53)54)66-30-15(39)14(38)20(23(69-30)25(41)42)67-28-8(32)12(36)11(35)5(62-28)2-59-76(46,47)48/h5-24,27-31,35-40,45H,2-4,32-34H2,1H3,(H,41,42)(H,43,44)(H,46,47,48)(H,49,50,51)(H,52,53,54)(H,55,56,57)/t5?,6?,7?,8?,9-,10-,11+,12+,13?,14+,15?,16+,17+,18+,19?,20-,21-,22?,23?,24?,27-,28+,29-,30+,31+/m0/s1. The number of nitrogens with two attached hydrogens (primary N) is 3.